The maximum absolute atomic E-state index is 6.12. The van der Waals surface area contributed by atoms with Gasteiger partial charge in [0.15, 0.2) is 17.3 Å². The third-order valence-electron chi connectivity index (χ3n) is 5.15. The number of ether oxygens (including phenoxy) is 2. The van der Waals surface area contributed by atoms with E-state index in [1.807, 2.05) is 42.5 Å². The molecule has 0 radical (unpaired) electrons. The molecular formula is C23H22N2O2S. The van der Waals surface area contributed by atoms with Crippen LogP contribution in [0, 0.1) is 0 Å². The SMILES string of the molecule is c1ccc(-c2nc3c(c(SC[C@@H]4COc5ccccc5O4)n2)CCCC3)cc1. The van der Waals surface area contributed by atoms with Crippen molar-refractivity contribution in [2.45, 2.75) is 36.8 Å². The predicted octanol–water partition coefficient (Wildman–Crippen LogP) is 4.95. The van der Waals surface area contributed by atoms with Crippen molar-refractivity contribution >= 4 is 11.8 Å². The van der Waals surface area contributed by atoms with Crippen LogP contribution in [0.15, 0.2) is 59.6 Å². The Bertz CT molecular complexity index is 978. The summed E-state index contributed by atoms with van der Waals surface area (Å²) in [5.41, 5.74) is 3.62. The second kappa shape index (κ2) is 7.84. The van der Waals surface area contributed by atoms with Crippen molar-refractivity contribution in [3.05, 3.63) is 65.9 Å². The summed E-state index contributed by atoms with van der Waals surface area (Å²) in [6.45, 7) is 0.572. The van der Waals surface area contributed by atoms with Gasteiger partial charge in [0, 0.05) is 22.6 Å². The van der Waals surface area contributed by atoms with E-state index in [2.05, 4.69) is 12.1 Å². The van der Waals surface area contributed by atoms with E-state index in [-0.39, 0.29) is 6.10 Å². The monoisotopic (exact) mass is 390 g/mol. The molecule has 1 atom stereocenters. The highest BCUT2D eigenvalue weighted by Gasteiger charge is 2.23. The molecule has 2 aromatic carbocycles. The van der Waals surface area contributed by atoms with Crippen molar-refractivity contribution in [3.8, 4) is 22.9 Å². The number of nitrogens with zero attached hydrogens (tertiary/aromatic N) is 2. The third kappa shape index (κ3) is 3.59. The van der Waals surface area contributed by atoms with Crippen molar-refractivity contribution in [2.75, 3.05) is 12.4 Å². The van der Waals surface area contributed by atoms with Gasteiger partial charge >= 0.3 is 0 Å². The Morgan fingerprint density at radius 3 is 2.57 bits per heavy atom. The van der Waals surface area contributed by atoms with Gasteiger partial charge in [-0.1, -0.05) is 42.5 Å². The summed E-state index contributed by atoms with van der Waals surface area (Å²) in [4.78, 5) is 9.83. The topological polar surface area (TPSA) is 44.2 Å². The minimum Gasteiger partial charge on any atom is -0.486 e. The van der Waals surface area contributed by atoms with Gasteiger partial charge in [0.25, 0.3) is 0 Å². The molecule has 1 aliphatic carbocycles. The van der Waals surface area contributed by atoms with Crippen LogP contribution >= 0.6 is 11.8 Å². The van der Waals surface area contributed by atoms with Gasteiger partial charge in [0.05, 0.1) is 0 Å². The normalized spacial score (nSPS) is 17.8. The summed E-state index contributed by atoms with van der Waals surface area (Å²) in [6, 6.07) is 18.1. The number of fused-ring (bicyclic) bond motifs is 2. The Kier molecular flexibility index (Phi) is 4.92. The molecule has 3 aromatic rings. The first kappa shape index (κ1) is 17.6. The first-order chi connectivity index (χ1) is 13.9. The molecule has 5 rings (SSSR count). The van der Waals surface area contributed by atoms with Crippen LogP contribution < -0.4 is 9.47 Å². The Balaban J connectivity index is 1.38. The third-order valence-corrected chi connectivity index (χ3v) is 6.30. The molecule has 0 bridgehead atoms. The van der Waals surface area contributed by atoms with Crippen molar-refractivity contribution < 1.29 is 9.47 Å². The smallest absolute Gasteiger partial charge is 0.161 e. The van der Waals surface area contributed by atoms with E-state index < -0.39 is 0 Å². The highest BCUT2D eigenvalue weighted by molar-refractivity contribution is 7.99. The molecule has 4 nitrogen and oxygen atoms in total. The second-order valence-corrected chi connectivity index (χ2v) is 8.17. The molecule has 0 saturated carbocycles. The maximum Gasteiger partial charge on any atom is 0.161 e. The van der Waals surface area contributed by atoms with Crippen LogP contribution in [0.1, 0.15) is 24.1 Å². The van der Waals surface area contributed by atoms with Crippen LogP contribution in [0.5, 0.6) is 11.5 Å². The molecule has 2 heterocycles. The van der Waals surface area contributed by atoms with E-state index in [1.54, 1.807) is 11.8 Å². The highest BCUT2D eigenvalue weighted by atomic mass is 32.2. The molecule has 0 N–H and O–H groups in total. The molecule has 1 aliphatic heterocycles. The molecule has 0 amide bonds. The van der Waals surface area contributed by atoms with Gasteiger partial charge in [0.2, 0.25) is 0 Å². The molecule has 1 aromatic heterocycles. The number of rotatable bonds is 4. The van der Waals surface area contributed by atoms with Gasteiger partial charge in [-0.15, -0.1) is 11.8 Å². The summed E-state index contributed by atoms with van der Waals surface area (Å²) >= 11 is 1.77. The largest absolute Gasteiger partial charge is 0.486 e. The molecule has 5 heteroatoms. The van der Waals surface area contributed by atoms with Crippen LogP contribution in [0.25, 0.3) is 11.4 Å². The lowest BCUT2D eigenvalue weighted by Crippen LogP contribution is -2.31. The fourth-order valence-electron chi connectivity index (χ4n) is 3.71. The molecule has 0 fully saturated rings. The van der Waals surface area contributed by atoms with Crippen LogP contribution in [-0.4, -0.2) is 28.4 Å². The lowest BCUT2D eigenvalue weighted by atomic mass is 9.97. The van der Waals surface area contributed by atoms with Gasteiger partial charge in [-0.25, -0.2) is 9.97 Å². The summed E-state index contributed by atoms with van der Waals surface area (Å²) in [5, 5.41) is 1.10. The fraction of sp³-hybridized carbons (Fsp3) is 0.304. The van der Waals surface area contributed by atoms with E-state index in [0.717, 1.165) is 46.5 Å². The van der Waals surface area contributed by atoms with Gasteiger partial charge in [-0.2, -0.15) is 0 Å². The van der Waals surface area contributed by atoms with Crippen LogP contribution in [0.4, 0.5) is 0 Å². The Labute approximate surface area is 169 Å². The zero-order valence-electron chi connectivity index (χ0n) is 15.6. The number of thioether (sulfide) groups is 1. The summed E-state index contributed by atoms with van der Waals surface area (Å²) in [5.74, 6) is 3.30. The first-order valence-electron chi connectivity index (χ1n) is 9.83. The lowest BCUT2D eigenvalue weighted by Gasteiger charge is -2.26. The minimum atomic E-state index is 0.0225. The van der Waals surface area contributed by atoms with Crippen molar-refractivity contribution in [3.63, 3.8) is 0 Å². The Morgan fingerprint density at radius 2 is 1.68 bits per heavy atom. The van der Waals surface area contributed by atoms with Crippen molar-refractivity contribution in [2.24, 2.45) is 0 Å². The number of para-hydroxylation sites is 2. The number of hydrogen-bond acceptors (Lipinski definition) is 5. The van der Waals surface area contributed by atoms with Gasteiger partial charge < -0.3 is 9.47 Å². The van der Waals surface area contributed by atoms with E-state index in [4.69, 9.17) is 19.4 Å². The highest BCUT2D eigenvalue weighted by Crippen LogP contribution is 2.35. The molecule has 0 saturated heterocycles. The van der Waals surface area contributed by atoms with Gasteiger partial charge in [-0.05, 0) is 37.8 Å². The first-order valence-corrected chi connectivity index (χ1v) is 10.8. The predicted molar refractivity (Wildman–Crippen MR) is 111 cm³/mol. The standard InChI is InChI=1S/C23H22N2O2S/c1-2-8-16(9-3-1)22-24-19-11-5-4-10-18(19)23(25-22)28-15-17-14-26-20-12-6-7-13-21(20)27-17/h1-3,6-9,12-13,17H,4-5,10-11,14-15H2/t17-/m0/s1. The average molecular weight is 391 g/mol. The number of aryl methyl sites for hydroxylation is 1. The molecule has 2 aliphatic rings. The van der Waals surface area contributed by atoms with Crippen LogP contribution in [0.3, 0.4) is 0 Å². The molecular weight excluding hydrogens is 368 g/mol. The van der Waals surface area contributed by atoms with E-state index in [0.29, 0.717) is 6.61 Å². The van der Waals surface area contributed by atoms with E-state index in [9.17, 15) is 0 Å². The van der Waals surface area contributed by atoms with Crippen molar-refractivity contribution in [1.29, 1.82) is 0 Å². The fourth-order valence-corrected chi connectivity index (χ4v) is 4.77. The number of hydrogen-bond donors (Lipinski definition) is 0. The lowest BCUT2D eigenvalue weighted by molar-refractivity contribution is 0.107. The van der Waals surface area contributed by atoms with E-state index in [1.165, 1.54) is 24.1 Å². The van der Waals surface area contributed by atoms with Crippen LogP contribution in [0.2, 0.25) is 0 Å². The van der Waals surface area contributed by atoms with Crippen molar-refractivity contribution in [1.82, 2.24) is 9.97 Å². The molecule has 28 heavy (non-hydrogen) atoms. The molecule has 0 unspecified atom stereocenters. The summed E-state index contributed by atoms with van der Waals surface area (Å²) in [7, 11) is 0. The average Bonchev–Trinajstić information content (AvgIpc) is 2.77. The number of aromatic nitrogens is 2. The Morgan fingerprint density at radius 1 is 0.893 bits per heavy atom. The zero-order chi connectivity index (χ0) is 18.8. The Hall–Kier alpha value is -2.53. The molecule has 142 valence electrons. The maximum atomic E-state index is 6.12. The van der Waals surface area contributed by atoms with Gasteiger partial charge in [-0.3, -0.25) is 0 Å². The van der Waals surface area contributed by atoms with E-state index >= 15 is 0 Å². The zero-order valence-corrected chi connectivity index (χ0v) is 16.5. The quantitative estimate of drug-likeness (QED) is 0.466. The van der Waals surface area contributed by atoms with Crippen LogP contribution in [-0.2, 0) is 12.8 Å². The minimum absolute atomic E-state index is 0.0225. The number of benzene rings is 2. The second-order valence-electron chi connectivity index (χ2n) is 7.16. The molecule has 0 spiro atoms. The van der Waals surface area contributed by atoms with Gasteiger partial charge in [0.1, 0.15) is 17.7 Å². The summed E-state index contributed by atoms with van der Waals surface area (Å²) in [6.07, 6.45) is 4.55. The summed E-state index contributed by atoms with van der Waals surface area (Å²) < 4.78 is 12.0.